The lowest BCUT2D eigenvalue weighted by Crippen LogP contribution is -2.14. The molecule has 5 nitrogen and oxygen atoms in total. The molecule has 3 rings (SSSR count). The summed E-state index contributed by atoms with van der Waals surface area (Å²) in [6, 6.07) is 5.72. The number of Topliss-reactive ketones (excluding diaryl/α,β-unsaturated/α-hetero) is 1. The van der Waals surface area contributed by atoms with Crippen molar-refractivity contribution in [1.82, 2.24) is 9.55 Å². The number of hydrogen-bond donors (Lipinski definition) is 0. The summed E-state index contributed by atoms with van der Waals surface area (Å²) >= 11 is 1.42. The van der Waals surface area contributed by atoms with Crippen molar-refractivity contribution in [3.8, 4) is 0 Å². The maximum atomic E-state index is 12.6. The monoisotopic (exact) mass is 378 g/mol. The van der Waals surface area contributed by atoms with Crippen LogP contribution in [0.2, 0.25) is 0 Å². The van der Waals surface area contributed by atoms with E-state index in [0.717, 1.165) is 22.0 Å². The number of pyridine rings is 1. The van der Waals surface area contributed by atoms with Gasteiger partial charge in [-0.3, -0.25) is 4.79 Å². The van der Waals surface area contributed by atoms with Crippen LogP contribution in [0.25, 0.3) is 0 Å². The van der Waals surface area contributed by atoms with Crippen LogP contribution in [0.15, 0.2) is 29.4 Å². The summed E-state index contributed by atoms with van der Waals surface area (Å²) in [4.78, 5) is 16.9. The number of carbonyl (C=O) groups excluding carboxylic acids is 1. The Labute approximate surface area is 152 Å². The highest BCUT2D eigenvalue weighted by Crippen LogP contribution is 2.30. The molecule has 1 saturated heterocycles. The fourth-order valence-corrected chi connectivity index (χ4v) is 5.78. The summed E-state index contributed by atoms with van der Waals surface area (Å²) in [7, 11) is -2.96. The summed E-state index contributed by atoms with van der Waals surface area (Å²) in [5, 5.41) is 0.828. The predicted molar refractivity (Wildman–Crippen MR) is 100 cm³/mol. The highest BCUT2D eigenvalue weighted by atomic mass is 32.2. The molecule has 0 bridgehead atoms. The Bertz CT molecular complexity index is 899. The van der Waals surface area contributed by atoms with E-state index in [9.17, 15) is 13.2 Å². The van der Waals surface area contributed by atoms with E-state index >= 15 is 0 Å². The number of ketones is 1. The van der Waals surface area contributed by atoms with E-state index in [2.05, 4.69) is 4.98 Å². The number of sulfone groups is 1. The average Bonchev–Trinajstić information content (AvgIpc) is 3.05. The van der Waals surface area contributed by atoms with Crippen LogP contribution in [-0.4, -0.2) is 41.0 Å². The van der Waals surface area contributed by atoms with Gasteiger partial charge in [0.2, 0.25) is 0 Å². The molecule has 0 aromatic carbocycles. The van der Waals surface area contributed by atoms with Crippen LogP contribution in [0.5, 0.6) is 0 Å². The first-order valence-electron chi connectivity index (χ1n) is 8.24. The molecule has 0 radical (unpaired) electrons. The second-order valence-electron chi connectivity index (χ2n) is 6.60. The van der Waals surface area contributed by atoms with Crippen LogP contribution in [0.1, 0.15) is 39.8 Å². The minimum Gasteiger partial charge on any atom is -0.344 e. The molecule has 0 amide bonds. The molecule has 0 N–H and O–H groups in total. The van der Waals surface area contributed by atoms with E-state index in [0.29, 0.717) is 17.7 Å². The van der Waals surface area contributed by atoms with Crippen LogP contribution in [0.3, 0.4) is 0 Å². The van der Waals surface area contributed by atoms with Gasteiger partial charge in [0.05, 0.1) is 22.3 Å². The zero-order chi connectivity index (χ0) is 18.2. The number of aryl methyl sites for hydroxylation is 2. The second-order valence-corrected chi connectivity index (χ2v) is 9.82. The molecular weight excluding hydrogens is 356 g/mol. The lowest BCUT2D eigenvalue weighted by atomic mass is 10.2. The molecule has 134 valence electrons. The quantitative estimate of drug-likeness (QED) is 0.590. The molecule has 7 heteroatoms. The lowest BCUT2D eigenvalue weighted by molar-refractivity contribution is 0.102. The topological polar surface area (TPSA) is 69.0 Å². The number of hydrogen-bond acceptors (Lipinski definition) is 5. The Balaban J connectivity index is 1.75. The van der Waals surface area contributed by atoms with Gasteiger partial charge in [-0.1, -0.05) is 17.8 Å². The van der Waals surface area contributed by atoms with Gasteiger partial charge in [0.1, 0.15) is 0 Å². The Hall–Kier alpha value is -1.60. The molecule has 0 aliphatic carbocycles. The van der Waals surface area contributed by atoms with Gasteiger partial charge in [0, 0.05) is 29.2 Å². The van der Waals surface area contributed by atoms with Crippen LogP contribution in [0, 0.1) is 20.8 Å². The largest absolute Gasteiger partial charge is 0.344 e. The van der Waals surface area contributed by atoms with Gasteiger partial charge in [-0.05, 0) is 44.9 Å². The summed E-state index contributed by atoms with van der Waals surface area (Å²) in [6.45, 7) is 5.81. The molecule has 0 unspecified atom stereocenters. The Morgan fingerprint density at radius 2 is 2.08 bits per heavy atom. The van der Waals surface area contributed by atoms with Crippen molar-refractivity contribution in [2.75, 3.05) is 17.3 Å². The number of nitrogens with zero attached hydrogens (tertiary/aromatic N) is 2. The van der Waals surface area contributed by atoms with Crippen molar-refractivity contribution in [3.63, 3.8) is 0 Å². The zero-order valence-electron chi connectivity index (χ0n) is 14.7. The van der Waals surface area contributed by atoms with Crippen molar-refractivity contribution in [2.45, 2.75) is 38.3 Å². The van der Waals surface area contributed by atoms with E-state index in [1.165, 1.54) is 11.8 Å². The molecular formula is C18H22N2O3S2. The molecule has 3 heterocycles. The number of rotatable bonds is 5. The summed E-state index contributed by atoms with van der Waals surface area (Å²) in [5.41, 5.74) is 3.58. The van der Waals surface area contributed by atoms with Gasteiger partial charge in [-0.25, -0.2) is 13.4 Å². The summed E-state index contributed by atoms with van der Waals surface area (Å²) < 4.78 is 25.6. The molecule has 1 atom stereocenters. The maximum absolute atomic E-state index is 12.6. The number of carbonyl (C=O) groups is 1. The van der Waals surface area contributed by atoms with E-state index in [4.69, 9.17) is 0 Å². The highest BCUT2D eigenvalue weighted by molar-refractivity contribution is 7.99. The Morgan fingerprint density at radius 3 is 2.68 bits per heavy atom. The van der Waals surface area contributed by atoms with Gasteiger partial charge in [0.25, 0.3) is 0 Å². The number of aromatic nitrogens is 2. The van der Waals surface area contributed by atoms with E-state index < -0.39 is 9.84 Å². The smallest absolute Gasteiger partial charge is 0.174 e. The fraction of sp³-hybridized carbons (Fsp3) is 0.444. The van der Waals surface area contributed by atoms with E-state index in [1.807, 2.05) is 43.5 Å². The van der Waals surface area contributed by atoms with Gasteiger partial charge >= 0.3 is 0 Å². The minimum absolute atomic E-state index is 0.0487. The third kappa shape index (κ3) is 3.98. The maximum Gasteiger partial charge on any atom is 0.174 e. The molecule has 1 fully saturated rings. The van der Waals surface area contributed by atoms with Gasteiger partial charge in [-0.2, -0.15) is 0 Å². The van der Waals surface area contributed by atoms with Crippen molar-refractivity contribution < 1.29 is 13.2 Å². The summed E-state index contributed by atoms with van der Waals surface area (Å²) in [5.74, 6) is 0.766. The third-order valence-corrected chi connectivity index (χ3v) is 7.29. The second kappa shape index (κ2) is 6.96. The standard InChI is InChI=1S/C18H22N2O3S2/c1-12-4-5-18(19-9-12)24-10-17(21)16-8-13(2)20(14(16)3)15-6-7-25(22,23)11-15/h4-5,8-9,15H,6-7,10-11H2,1-3H3/t15-/m0/s1. The third-order valence-electron chi connectivity index (χ3n) is 4.59. The molecule has 0 spiro atoms. The predicted octanol–water partition coefficient (Wildman–Crippen LogP) is 3.14. The van der Waals surface area contributed by atoms with Crippen molar-refractivity contribution in [1.29, 1.82) is 0 Å². The van der Waals surface area contributed by atoms with Crippen LogP contribution in [-0.2, 0) is 9.84 Å². The van der Waals surface area contributed by atoms with Crippen molar-refractivity contribution in [2.24, 2.45) is 0 Å². The zero-order valence-corrected chi connectivity index (χ0v) is 16.3. The normalized spacial score (nSPS) is 19.2. The SMILES string of the molecule is Cc1ccc(SCC(=O)c2cc(C)n([C@H]3CCS(=O)(=O)C3)c2C)nc1. The van der Waals surface area contributed by atoms with Crippen LogP contribution in [0.4, 0.5) is 0 Å². The molecule has 25 heavy (non-hydrogen) atoms. The molecule has 2 aromatic rings. The first-order chi connectivity index (χ1) is 11.8. The average molecular weight is 379 g/mol. The molecule has 1 aliphatic rings. The van der Waals surface area contributed by atoms with Gasteiger partial charge in [0.15, 0.2) is 15.6 Å². The highest BCUT2D eigenvalue weighted by Gasteiger charge is 2.31. The van der Waals surface area contributed by atoms with Gasteiger partial charge < -0.3 is 4.57 Å². The fourth-order valence-electron chi connectivity index (χ4n) is 3.36. The molecule has 0 saturated carbocycles. The van der Waals surface area contributed by atoms with Crippen molar-refractivity contribution in [3.05, 3.63) is 46.9 Å². The van der Waals surface area contributed by atoms with E-state index in [-0.39, 0.29) is 23.3 Å². The minimum atomic E-state index is -2.96. The summed E-state index contributed by atoms with van der Waals surface area (Å²) in [6.07, 6.45) is 2.41. The first kappa shape index (κ1) is 18.2. The van der Waals surface area contributed by atoms with Crippen molar-refractivity contribution >= 4 is 27.4 Å². The Kier molecular flexibility index (Phi) is 5.06. The molecule has 2 aromatic heterocycles. The first-order valence-corrected chi connectivity index (χ1v) is 11.0. The number of thioether (sulfide) groups is 1. The molecule has 1 aliphatic heterocycles. The van der Waals surface area contributed by atoms with Crippen LogP contribution < -0.4 is 0 Å². The van der Waals surface area contributed by atoms with Crippen LogP contribution >= 0.6 is 11.8 Å². The Morgan fingerprint density at radius 1 is 1.32 bits per heavy atom. The van der Waals surface area contributed by atoms with E-state index in [1.54, 1.807) is 6.20 Å². The van der Waals surface area contributed by atoms with Gasteiger partial charge in [-0.15, -0.1) is 0 Å². The lowest BCUT2D eigenvalue weighted by Gasteiger charge is -2.16.